The maximum absolute atomic E-state index is 14.3. The van der Waals surface area contributed by atoms with E-state index in [-0.39, 0.29) is 39.6 Å². The summed E-state index contributed by atoms with van der Waals surface area (Å²) in [6.45, 7) is 19.8. The Hall–Kier alpha value is -1.25. The molecule has 0 bridgehead atoms. The van der Waals surface area contributed by atoms with Crippen LogP contribution in [0.15, 0.2) is 11.6 Å². The number of allylic oxidation sites excluding steroid dienone is 2. The van der Waals surface area contributed by atoms with Gasteiger partial charge in [0.15, 0.2) is 0 Å². The van der Waals surface area contributed by atoms with E-state index in [0.29, 0.717) is 36.9 Å². The minimum absolute atomic E-state index is 0.0383. The number of fused-ring (bicyclic) bond motifs is 5. The molecule has 8 atom stereocenters. The molecule has 0 spiro atoms. The van der Waals surface area contributed by atoms with Crippen molar-refractivity contribution in [3.8, 4) is 0 Å². The van der Waals surface area contributed by atoms with Crippen LogP contribution in [0, 0.1) is 50.7 Å². The summed E-state index contributed by atoms with van der Waals surface area (Å²) < 4.78 is 0. The molecule has 0 saturated heterocycles. The summed E-state index contributed by atoms with van der Waals surface area (Å²) in [5.41, 5.74) is -0.383. The fraction of sp³-hybridized carbons (Fsp3) is 0.839. The lowest BCUT2D eigenvalue weighted by atomic mass is 9.32. The summed E-state index contributed by atoms with van der Waals surface area (Å²) >= 11 is 0. The van der Waals surface area contributed by atoms with Crippen molar-refractivity contribution >= 4 is 17.3 Å². The number of carbonyl (C=O) groups is 3. The van der Waals surface area contributed by atoms with Gasteiger partial charge in [0.25, 0.3) is 0 Å². The molecule has 0 radical (unpaired) electrons. The first-order chi connectivity index (χ1) is 15.6. The number of Topliss-reactive ketones (excluding diaryl/α,β-unsaturated/α-hetero) is 3. The van der Waals surface area contributed by atoms with Crippen LogP contribution in [0.3, 0.4) is 0 Å². The molecule has 0 amide bonds. The Labute approximate surface area is 207 Å². The van der Waals surface area contributed by atoms with Gasteiger partial charge >= 0.3 is 0 Å². The summed E-state index contributed by atoms with van der Waals surface area (Å²) in [5.74, 6) is 1.51. The van der Waals surface area contributed by atoms with E-state index in [1.54, 1.807) is 0 Å². The number of hydrogen-bond donors (Lipinski definition) is 0. The second kappa shape index (κ2) is 7.87. The van der Waals surface area contributed by atoms with Crippen LogP contribution >= 0.6 is 0 Å². The predicted molar refractivity (Wildman–Crippen MR) is 137 cm³/mol. The zero-order valence-electron chi connectivity index (χ0n) is 23.3. The first-order valence-electron chi connectivity index (χ1n) is 13.8. The highest BCUT2D eigenvalue weighted by Crippen LogP contribution is 2.77. The van der Waals surface area contributed by atoms with Crippen LogP contribution < -0.4 is 0 Å². The van der Waals surface area contributed by atoms with Gasteiger partial charge in [-0.2, -0.15) is 0 Å². The third kappa shape index (κ3) is 3.03. The zero-order chi connectivity index (χ0) is 25.5. The van der Waals surface area contributed by atoms with Gasteiger partial charge in [-0.05, 0) is 80.0 Å². The third-order valence-corrected chi connectivity index (χ3v) is 12.7. The molecule has 3 heteroatoms. The normalized spacial score (nSPS) is 47.1. The maximum atomic E-state index is 14.3. The van der Waals surface area contributed by atoms with E-state index in [0.717, 1.165) is 32.1 Å². The molecule has 4 fully saturated rings. The van der Waals surface area contributed by atoms with Gasteiger partial charge in [0.1, 0.15) is 17.3 Å². The minimum atomic E-state index is -0.646. The molecule has 3 nitrogen and oxygen atoms in total. The SMILES string of the molecule is C/C=C(\C)CC[C@@H](C)[C@H]1CC[C@]2(C)[C@]1(C)CC(=O)[C@@H]1[C@@]3(C)CCC(=O)C(C)(C)[C@@H]3CC(=O)[C@]12C. The van der Waals surface area contributed by atoms with Gasteiger partial charge in [-0.3, -0.25) is 14.4 Å². The lowest BCUT2D eigenvalue weighted by Crippen LogP contribution is -2.71. The second-order valence-corrected chi connectivity index (χ2v) is 14.2. The second-order valence-electron chi connectivity index (χ2n) is 14.2. The van der Waals surface area contributed by atoms with E-state index in [1.807, 2.05) is 13.8 Å². The maximum Gasteiger partial charge on any atom is 0.140 e. The van der Waals surface area contributed by atoms with E-state index in [1.165, 1.54) is 5.57 Å². The number of rotatable bonds is 4. The van der Waals surface area contributed by atoms with E-state index in [9.17, 15) is 14.4 Å². The highest BCUT2D eigenvalue weighted by atomic mass is 16.1. The standard InChI is InChI=1S/C31H48O3/c1-10-19(2)11-12-20(3)21-13-16-30(8)29(21,7)18-22(32)26-28(6)15-14-24(33)27(4,5)23(28)17-25(34)31(26,30)9/h10,20-21,23,26H,11-18H2,1-9H3/b19-10+/t20-,21-,23+,26-,28+,29-,30-,31-/m1/s1. The lowest BCUT2D eigenvalue weighted by Gasteiger charge is -2.69. The van der Waals surface area contributed by atoms with Gasteiger partial charge in [-0.15, -0.1) is 0 Å². The number of hydrogen-bond acceptors (Lipinski definition) is 3. The number of ketones is 3. The van der Waals surface area contributed by atoms with Crippen LogP contribution in [0.5, 0.6) is 0 Å². The van der Waals surface area contributed by atoms with Crippen LogP contribution in [0.25, 0.3) is 0 Å². The van der Waals surface area contributed by atoms with Gasteiger partial charge in [-0.25, -0.2) is 0 Å². The van der Waals surface area contributed by atoms with E-state index >= 15 is 0 Å². The molecule has 4 aliphatic carbocycles. The highest BCUT2D eigenvalue weighted by molar-refractivity contribution is 5.99. The quantitative estimate of drug-likeness (QED) is 0.405. The summed E-state index contributed by atoms with van der Waals surface area (Å²) in [5, 5.41) is 0. The summed E-state index contributed by atoms with van der Waals surface area (Å²) in [6.07, 6.45) is 8.90. The molecule has 4 aliphatic rings. The van der Waals surface area contributed by atoms with E-state index in [4.69, 9.17) is 0 Å². The largest absolute Gasteiger partial charge is 0.299 e. The molecule has 34 heavy (non-hydrogen) atoms. The van der Waals surface area contributed by atoms with Crippen LogP contribution in [0.4, 0.5) is 0 Å². The van der Waals surface area contributed by atoms with Crippen LogP contribution in [0.1, 0.15) is 114 Å². The van der Waals surface area contributed by atoms with Crippen molar-refractivity contribution in [1.82, 2.24) is 0 Å². The predicted octanol–water partition coefficient (Wildman–Crippen LogP) is 7.37. The molecular formula is C31H48O3. The first kappa shape index (κ1) is 25.8. The molecule has 4 rings (SSSR count). The molecule has 0 aromatic rings. The zero-order valence-corrected chi connectivity index (χ0v) is 23.3. The van der Waals surface area contributed by atoms with Gasteiger partial charge in [0.2, 0.25) is 0 Å². The smallest absolute Gasteiger partial charge is 0.140 e. The molecule has 0 aliphatic heterocycles. The van der Waals surface area contributed by atoms with E-state index < -0.39 is 10.8 Å². The Morgan fingerprint density at radius 2 is 1.68 bits per heavy atom. The van der Waals surface area contributed by atoms with Crippen molar-refractivity contribution in [3.05, 3.63) is 11.6 Å². The topological polar surface area (TPSA) is 51.2 Å². The minimum Gasteiger partial charge on any atom is -0.299 e. The fourth-order valence-electron chi connectivity index (χ4n) is 10.1. The average Bonchev–Trinajstić information content (AvgIpc) is 3.03. The Balaban J connectivity index is 1.76. The molecule has 190 valence electrons. The highest BCUT2D eigenvalue weighted by Gasteiger charge is 2.77. The molecular weight excluding hydrogens is 420 g/mol. The Kier molecular flexibility index (Phi) is 5.98. The van der Waals surface area contributed by atoms with Crippen molar-refractivity contribution < 1.29 is 14.4 Å². The van der Waals surface area contributed by atoms with Gasteiger partial charge in [-0.1, -0.05) is 60.1 Å². The van der Waals surface area contributed by atoms with E-state index in [2.05, 4.69) is 54.5 Å². The van der Waals surface area contributed by atoms with Crippen molar-refractivity contribution in [1.29, 1.82) is 0 Å². The molecule has 0 N–H and O–H groups in total. The Morgan fingerprint density at radius 3 is 2.29 bits per heavy atom. The molecule has 4 saturated carbocycles. The molecule has 0 aromatic carbocycles. The fourth-order valence-corrected chi connectivity index (χ4v) is 10.1. The van der Waals surface area contributed by atoms with Gasteiger partial charge < -0.3 is 0 Å². The van der Waals surface area contributed by atoms with Gasteiger partial charge in [0, 0.05) is 36.0 Å². The van der Waals surface area contributed by atoms with Crippen molar-refractivity contribution in [2.75, 3.05) is 0 Å². The third-order valence-electron chi connectivity index (χ3n) is 12.7. The van der Waals surface area contributed by atoms with Crippen molar-refractivity contribution in [2.45, 2.75) is 114 Å². The molecule has 0 heterocycles. The van der Waals surface area contributed by atoms with Gasteiger partial charge in [0.05, 0.1) is 0 Å². The van der Waals surface area contributed by atoms with Crippen LogP contribution in [0.2, 0.25) is 0 Å². The van der Waals surface area contributed by atoms with Crippen molar-refractivity contribution in [3.63, 3.8) is 0 Å². The Morgan fingerprint density at radius 1 is 1.03 bits per heavy atom. The Bertz CT molecular complexity index is 942. The number of carbonyl (C=O) groups excluding carboxylic acids is 3. The summed E-state index contributed by atoms with van der Waals surface area (Å²) in [4.78, 5) is 41.4. The first-order valence-corrected chi connectivity index (χ1v) is 13.8. The summed E-state index contributed by atoms with van der Waals surface area (Å²) in [7, 11) is 0. The summed E-state index contributed by atoms with van der Waals surface area (Å²) in [6, 6.07) is 0. The van der Waals surface area contributed by atoms with Crippen LogP contribution in [-0.4, -0.2) is 17.3 Å². The molecule has 0 aromatic heterocycles. The lowest BCUT2D eigenvalue weighted by molar-refractivity contribution is -0.214. The van der Waals surface area contributed by atoms with Crippen molar-refractivity contribution in [2.24, 2.45) is 50.7 Å². The van der Waals surface area contributed by atoms with Crippen LogP contribution in [-0.2, 0) is 14.4 Å². The average molecular weight is 469 g/mol. The molecule has 0 unspecified atom stereocenters. The monoisotopic (exact) mass is 468 g/mol.